The van der Waals surface area contributed by atoms with Gasteiger partial charge in [-0.2, -0.15) is 0 Å². The summed E-state index contributed by atoms with van der Waals surface area (Å²) in [5.41, 5.74) is 3.68. The molecule has 0 saturated carbocycles. The molecule has 0 aliphatic rings. The zero-order valence-corrected chi connectivity index (χ0v) is 15.4. The molecule has 0 heterocycles. The summed E-state index contributed by atoms with van der Waals surface area (Å²) < 4.78 is 0. The first-order valence-electron chi connectivity index (χ1n) is 8.54. The molecule has 0 aromatic heterocycles. The average molecular weight is 338 g/mol. The second-order valence-corrected chi connectivity index (χ2v) is 6.59. The van der Waals surface area contributed by atoms with Crippen molar-refractivity contribution in [2.45, 2.75) is 20.3 Å². The molecule has 0 bridgehead atoms. The Hall–Kier alpha value is -2.46. The number of amides is 1. The van der Waals surface area contributed by atoms with E-state index in [-0.39, 0.29) is 11.7 Å². The number of nitrogens with one attached hydrogen (secondary N) is 1. The number of carbonyl (C=O) groups is 2. The van der Waals surface area contributed by atoms with E-state index in [1.54, 1.807) is 24.3 Å². The predicted octanol–water partition coefficient (Wildman–Crippen LogP) is 3.22. The molecule has 1 amide bonds. The van der Waals surface area contributed by atoms with E-state index in [0.29, 0.717) is 23.2 Å². The highest BCUT2D eigenvalue weighted by molar-refractivity contribution is 6.15. The Balaban J connectivity index is 2.17. The van der Waals surface area contributed by atoms with Crippen LogP contribution in [0, 0.1) is 13.8 Å². The summed E-state index contributed by atoms with van der Waals surface area (Å²) in [4.78, 5) is 27.4. The van der Waals surface area contributed by atoms with Crippen LogP contribution in [-0.4, -0.2) is 43.8 Å². The standard InChI is InChI=1S/C21H26N2O2/c1-15-10-11-17(14-16(15)2)20(24)18-8-5-6-9-19(18)21(25)22-12-7-13-23(3)4/h5-6,8-11,14H,7,12-13H2,1-4H3,(H,22,25). The SMILES string of the molecule is Cc1ccc(C(=O)c2ccccc2C(=O)NCCCN(C)C)cc1C. The van der Waals surface area contributed by atoms with Crippen molar-refractivity contribution < 1.29 is 9.59 Å². The first-order chi connectivity index (χ1) is 11.9. The van der Waals surface area contributed by atoms with Crippen molar-refractivity contribution in [1.82, 2.24) is 10.2 Å². The highest BCUT2D eigenvalue weighted by Crippen LogP contribution is 2.17. The summed E-state index contributed by atoms with van der Waals surface area (Å²) in [6, 6.07) is 12.6. The van der Waals surface area contributed by atoms with E-state index in [2.05, 4.69) is 10.2 Å². The molecule has 0 spiro atoms. The molecule has 0 fully saturated rings. The smallest absolute Gasteiger partial charge is 0.252 e. The summed E-state index contributed by atoms with van der Waals surface area (Å²) in [5.74, 6) is -0.325. The van der Waals surface area contributed by atoms with Gasteiger partial charge in [0.1, 0.15) is 0 Å². The molecule has 0 aliphatic heterocycles. The monoisotopic (exact) mass is 338 g/mol. The molecule has 0 atom stereocenters. The molecule has 132 valence electrons. The van der Waals surface area contributed by atoms with Gasteiger partial charge in [-0.1, -0.05) is 30.3 Å². The molecular formula is C21H26N2O2. The molecule has 2 aromatic rings. The summed E-state index contributed by atoms with van der Waals surface area (Å²) in [6.45, 7) is 5.49. The summed E-state index contributed by atoms with van der Waals surface area (Å²) in [6.07, 6.45) is 0.867. The first kappa shape index (κ1) is 18.9. The normalized spacial score (nSPS) is 10.8. The van der Waals surface area contributed by atoms with E-state index in [1.807, 2.05) is 46.1 Å². The fourth-order valence-corrected chi connectivity index (χ4v) is 2.61. The Kier molecular flexibility index (Phi) is 6.48. The lowest BCUT2D eigenvalue weighted by Gasteiger charge is -2.12. The highest BCUT2D eigenvalue weighted by Gasteiger charge is 2.18. The van der Waals surface area contributed by atoms with E-state index in [4.69, 9.17) is 0 Å². The molecule has 2 aromatic carbocycles. The van der Waals surface area contributed by atoms with E-state index >= 15 is 0 Å². The fourth-order valence-electron chi connectivity index (χ4n) is 2.61. The number of carbonyl (C=O) groups excluding carboxylic acids is 2. The molecule has 1 N–H and O–H groups in total. The highest BCUT2D eigenvalue weighted by atomic mass is 16.2. The van der Waals surface area contributed by atoms with Gasteiger partial charge >= 0.3 is 0 Å². The van der Waals surface area contributed by atoms with E-state index in [0.717, 1.165) is 24.1 Å². The van der Waals surface area contributed by atoms with Gasteiger partial charge in [0.25, 0.3) is 5.91 Å². The van der Waals surface area contributed by atoms with Gasteiger partial charge in [-0.3, -0.25) is 9.59 Å². The Morgan fingerprint density at radius 3 is 2.28 bits per heavy atom. The molecule has 0 saturated heterocycles. The Bertz CT molecular complexity index is 766. The molecule has 25 heavy (non-hydrogen) atoms. The van der Waals surface area contributed by atoms with Crippen LogP contribution >= 0.6 is 0 Å². The van der Waals surface area contributed by atoms with Crippen LogP contribution in [0.2, 0.25) is 0 Å². The largest absolute Gasteiger partial charge is 0.352 e. The minimum atomic E-state index is -0.202. The van der Waals surface area contributed by atoms with Crippen LogP contribution in [0.4, 0.5) is 0 Å². The minimum Gasteiger partial charge on any atom is -0.352 e. The van der Waals surface area contributed by atoms with Gasteiger partial charge in [-0.05, 0) is 64.2 Å². The van der Waals surface area contributed by atoms with Crippen LogP contribution in [-0.2, 0) is 0 Å². The van der Waals surface area contributed by atoms with Gasteiger partial charge < -0.3 is 10.2 Å². The van der Waals surface area contributed by atoms with Crippen LogP contribution < -0.4 is 5.32 Å². The van der Waals surface area contributed by atoms with Gasteiger partial charge in [0.2, 0.25) is 0 Å². The topological polar surface area (TPSA) is 49.4 Å². The lowest BCUT2D eigenvalue weighted by atomic mass is 9.95. The number of rotatable bonds is 7. The molecular weight excluding hydrogens is 312 g/mol. The van der Waals surface area contributed by atoms with Crippen molar-refractivity contribution in [2.24, 2.45) is 0 Å². The minimum absolute atomic E-state index is 0.123. The van der Waals surface area contributed by atoms with E-state index < -0.39 is 0 Å². The van der Waals surface area contributed by atoms with Crippen molar-refractivity contribution in [1.29, 1.82) is 0 Å². The van der Waals surface area contributed by atoms with Crippen LogP contribution in [0.15, 0.2) is 42.5 Å². The maximum absolute atomic E-state index is 12.9. The number of hydrogen-bond acceptors (Lipinski definition) is 3. The summed E-state index contributed by atoms with van der Waals surface area (Å²) >= 11 is 0. The Morgan fingerprint density at radius 1 is 0.960 bits per heavy atom. The van der Waals surface area contributed by atoms with Crippen molar-refractivity contribution >= 4 is 11.7 Å². The average Bonchev–Trinajstić information content (AvgIpc) is 2.60. The van der Waals surface area contributed by atoms with Crippen LogP contribution in [0.1, 0.15) is 43.8 Å². The third-order valence-corrected chi connectivity index (χ3v) is 4.25. The molecule has 2 rings (SSSR count). The summed E-state index contributed by atoms with van der Waals surface area (Å²) in [5, 5.41) is 2.90. The second kappa shape index (κ2) is 8.58. The molecule has 4 nitrogen and oxygen atoms in total. The van der Waals surface area contributed by atoms with Crippen LogP contribution in [0.5, 0.6) is 0 Å². The van der Waals surface area contributed by atoms with E-state index in [1.165, 1.54) is 0 Å². The maximum Gasteiger partial charge on any atom is 0.252 e. The van der Waals surface area contributed by atoms with Gasteiger partial charge in [0, 0.05) is 17.7 Å². The fraction of sp³-hybridized carbons (Fsp3) is 0.333. The third kappa shape index (κ3) is 5.00. The van der Waals surface area contributed by atoms with Crippen molar-refractivity contribution in [2.75, 3.05) is 27.2 Å². The zero-order chi connectivity index (χ0) is 18.4. The maximum atomic E-state index is 12.9. The predicted molar refractivity (Wildman–Crippen MR) is 101 cm³/mol. The van der Waals surface area contributed by atoms with Gasteiger partial charge in [-0.15, -0.1) is 0 Å². The molecule has 4 heteroatoms. The molecule has 0 radical (unpaired) electrons. The number of hydrogen-bond donors (Lipinski definition) is 1. The third-order valence-electron chi connectivity index (χ3n) is 4.25. The molecule has 0 aliphatic carbocycles. The van der Waals surface area contributed by atoms with Crippen molar-refractivity contribution in [3.8, 4) is 0 Å². The van der Waals surface area contributed by atoms with Crippen molar-refractivity contribution in [3.05, 3.63) is 70.3 Å². The number of benzene rings is 2. The molecule has 0 unspecified atom stereocenters. The first-order valence-corrected chi connectivity index (χ1v) is 8.54. The lowest BCUT2D eigenvalue weighted by Crippen LogP contribution is -2.28. The van der Waals surface area contributed by atoms with Gasteiger partial charge in [-0.25, -0.2) is 0 Å². The number of nitrogens with zero attached hydrogens (tertiary/aromatic N) is 1. The second-order valence-electron chi connectivity index (χ2n) is 6.59. The van der Waals surface area contributed by atoms with Crippen LogP contribution in [0.3, 0.4) is 0 Å². The van der Waals surface area contributed by atoms with Crippen LogP contribution in [0.25, 0.3) is 0 Å². The Labute approximate surface area is 149 Å². The zero-order valence-electron chi connectivity index (χ0n) is 15.4. The van der Waals surface area contributed by atoms with Gasteiger partial charge in [0.15, 0.2) is 5.78 Å². The van der Waals surface area contributed by atoms with E-state index in [9.17, 15) is 9.59 Å². The quantitative estimate of drug-likeness (QED) is 0.623. The number of ketones is 1. The lowest BCUT2D eigenvalue weighted by molar-refractivity contribution is 0.0941. The Morgan fingerprint density at radius 2 is 1.64 bits per heavy atom. The summed E-state index contributed by atoms with van der Waals surface area (Å²) in [7, 11) is 4.00. The number of aryl methyl sites for hydroxylation is 2. The van der Waals surface area contributed by atoms with Gasteiger partial charge in [0.05, 0.1) is 5.56 Å². The van der Waals surface area contributed by atoms with Crippen molar-refractivity contribution in [3.63, 3.8) is 0 Å².